The number of aromatic carboxylic acids is 1. The van der Waals surface area contributed by atoms with E-state index < -0.39 is 18.3 Å². The second-order valence-corrected chi connectivity index (χ2v) is 12.6. The fraction of sp³-hybridized carbons (Fsp3) is 0.179. The predicted octanol–water partition coefficient (Wildman–Crippen LogP) is 8.90. The SMILES string of the molecule is C[C@@H]1[C@H](CSc2ccccc2C(=O)O)O[C@H](c2cccc(NC(=O)Nc3ccc(Oc4ccccc4)cc3)c2)O[C@@H]1c1ccc(CO)cc1. The van der Waals surface area contributed by atoms with Crippen LogP contribution in [0.3, 0.4) is 0 Å². The van der Waals surface area contributed by atoms with Crippen LogP contribution in [0.1, 0.15) is 46.4 Å². The number of aliphatic hydroxyl groups excluding tert-OH is 1. The molecule has 5 aromatic rings. The quantitative estimate of drug-likeness (QED) is 0.102. The Kier molecular flexibility index (Phi) is 10.9. The van der Waals surface area contributed by atoms with E-state index in [2.05, 4.69) is 17.6 Å². The van der Waals surface area contributed by atoms with Crippen molar-refractivity contribution in [1.29, 1.82) is 0 Å². The maximum absolute atomic E-state index is 12.9. The van der Waals surface area contributed by atoms with Gasteiger partial charge in [-0.05, 0) is 71.8 Å². The summed E-state index contributed by atoms with van der Waals surface area (Å²) >= 11 is 1.43. The van der Waals surface area contributed by atoms with E-state index in [1.54, 1.807) is 48.5 Å². The summed E-state index contributed by atoms with van der Waals surface area (Å²) in [5.74, 6) is 0.799. The number of carbonyl (C=O) groups excluding carboxylic acids is 1. The molecule has 1 saturated heterocycles. The molecule has 2 amide bonds. The van der Waals surface area contributed by atoms with E-state index in [9.17, 15) is 19.8 Å². The number of carboxylic acid groups (broad SMARTS) is 1. The second kappa shape index (κ2) is 15.8. The lowest BCUT2D eigenvalue weighted by Crippen LogP contribution is -2.38. The normalized spacial score (nSPS) is 18.7. The Labute approximate surface area is 288 Å². The molecule has 6 rings (SSSR count). The number of amides is 2. The van der Waals surface area contributed by atoms with Gasteiger partial charge in [0.1, 0.15) is 11.5 Å². The van der Waals surface area contributed by atoms with Gasteiger partial charge in [-0.1, -0.05) is 73.7 Å². The molecular weight excluding hydrogens is 641 g/mol. The highest BCUT2D eigenvalue weighted by Crippen LogP contribution is 2.43. The van der Waals surface area contributed by atoms with Crippen molar-refractivity contribution < 1.29 is 34.0 Å². The van der Waals surface area contributed by atoms with Crippen molar-refractivity contribution in [3.63, 3.8) is 0 Å². The van der Waals surface area contributed by atoms with Crippen LogP contribution in [0.2, 0.25) is 0 Å². The molecule has 1 fully saturated rings. The van der Waals surface area contributed by atoms with Crippen molar-refractivity contribution in [2.24, 2.45) is 5.92 Å². The number of hydrogen-bond acceptors (Lipinski definition) is 7. The van der Waals surface area contributed by atoms with E-state index in [4.69, 9.17) is 14.2 Å². The minimum Gasteiger partial charge on any atom is -0.478 e. The van der Waals surface area contributed by atoms with Crippen molar-refractivity contribution in [1.82, 2.24) is 0 Å². The lowest BCUT2D eigenvalue weighted by molar-refractivity contribution is -0.268. The van der Waals surface area contributed by atoms with Gasteiger partial charge in [0.25, 0.3) is 0 Å². The number of rotatable bonds is 11. The molecule has 0 saturated carbocycles. The summed E-state index contributed by atoms with van der Waals surface area (Å²) in [6, 6.07) is 38.0. The van der Waals surface area contributed by atoms with Gasteiger partial charge in [0, 0.05) is 33.5 Å². The third kappa shape index (κ3) is 8.67. The molecule has 5 aromatic carbocycles. The number of anilines is 2. The number of para-hydroxylation sites is 1. The smallest absolute Gasteiger partial charge is 0.336 e. The number of carbonyl (C=O) groups is 2. The van der Waals surface area contributed by atoms with E-state index in [0.29, 0.717) is 33.3 Å². The molecular formula is C39H36N2O7S. The monoisotopic (exact) mass is 676 g/mol. The summed E-state index contributed by atoms with van der Waals surface area (Å²) in [5, 5.41) is 25.0. The van der Waals surface area contributed by atoms with Crippen molar-refractivity contribution in [3.05, 3.63) is 150 Å². The zero-order chi connectivity index (χ0) is 34.2. The Morgan fingerprint density at radius 2 is 1.45 bits per heavy atom. The van der Waals surface area contributed by atoms with Gasteiger partial charge in [-0.3, -0.25) is 0 Å². The van der Waals surface area contributed by atoms with Crippen molar-refractivity contribution in [2.75, 3.05) is 16.4 Å². The van der Waals surface area contributed by atoms with Crippen LogP contribution in [-0.4, -0.2) is 34.1 Å². The van der Waals surface area contributed by atoms with E-state index >= 15 is 0 Å². The molecule has 0 spiro atoms. The Hall–Kier alpha value is -5.13. The number of nitrogens with one attached hydrogen (secondary N) is 2. The highest BCUT2D eigenvalue weighted by atomic mass is 32.2. The summed E-state index contributed by atoms with van der Waals surface area (Å²) in [4.78, 5) is 25.4. The molecule has 1 heterocycles. The number of aliphatic hydroxyl groups is 1. The third-order valence-electron chi connectivity index (χ3n) is 8.15. The Bertz CT molecular complexity index is 1870. The number of thioether (sulfide) groups is 1. The van der Waals surface area contributed by atoms with Crippen molar-refractivity contribution in [3.8, 4) is 11.5 Å². The standard InChI is InChI=1S/C39H36N2O7S/c1-25-34(24-49-35-13-6-5-12-33(35)37(43)44)47-38(48-36(25)27-16-14-26(23-42)15-17-27)28-8-7-9-30(22-28)41-39(45)40-29-18-20-32(21-19-29)46-31-10-3-2-4-11-31/h2-22,25,34,36,38,42H,23-24H2,1H3,(H,43,44)(H2,40,41,45)/t25-,34+,36+,38+/m1/s1. The van der Waals surface area contributed by atoms with Gasteiger partial charge in [0.05, 0.1) is 24.4 Å². The first-order valence-corrected chi connectivity index (χ1v) is 16.8. The fourth-order valence-electron chi connectivity index (χ4n) is 5.54. The molecule has 0 aromatic heterocycles. The molecule has 0 radical (unpaired) electrons. The van der Waals surface area contributed by atoms with E-state index in [1.165, 1.54) is 11.8 Å². The van der Waals surface area contributed by atoms with E-state index in [0.717, 1.165) is 16.9 Å². The van der Waals surface area contributed by atoms with E-state index in [-0.39, 0.29) is 30.3 Å². The summed E-state index contributed by atoms with van der Waals surface area (Å²) in [7, 11) is 0. The summed E-state index contributed by atoms with van der Waals surface area (Å²) in [6.45, 7) is 1.99. The molecule has 4 atom stereocenters. The fourth-order valence-corrected chi connectivity index (χ4v) is 6.75. The molecule has 0 unspecified atom stereocenters. The molecule has 1 aliphatic rings. The van der Waals surface area contributed by atoms with Crippen LogP contribution in [0.25, 0.3) is 0 Å². The number of ether oxygens (including phenoxy) is 3. The molecule has 4 N–H and O–H groups in total. The Morgan fingerprint density at radius 1 is 0.755 bits per heavy atom. The molecule has 49 heavy (non-hydrogen) atoms. The summed E-state index contributed by atoms with van der Waals surface area (Å²) in [6.07, 6.45) is -1.41. The van der Waals surface area contributed by atoms with Crippen LogP contribution < -0.4 is 15.4 Å². The maximum Gasteiger partial charge on any atom is 0.336 e. The first kappa shape index (κ1) is 33.8. The van der Waals surface area contributed by atoms with Crippen molar-refractivity contribution >= 4 is 35.1 Å². The van der Waals surface area contributed by atoms with Crippen molar-refractivity contribution in [2.45, 2.75) is 36.9 Å². The molecule has 1 aliphatic heterocycles. The maximum atomic E-state index is 12.9. The number of carboxylic acids is 1. The Morgan fingerprint density at radius 3 is 2.18 bits per heavy atom. The number of benzene rings is 5. The van der Waals surface area contributed by atoms with Crippen LogP contribution in [0, 0.1) is 5.92 Å². The number of hydrogen-bond donors (Lipinski definition) is 4. The molecule has 250 valence electrons. The minimum absolute atomic E-state index is 0.0588. The molecule has 0 bridgehead atoms. The van der Waals surface area contributed by atoms with Gasteiger partial charge < -0.3 is 35.1 Å². The summed E-state index contributed by atoms with van der Waals surface area (Å²) < 4.78 is 18.9. The van der Waals surface area contributed by atoms with Crippen LogP contribution in [-0.2, 0) is 16.1 Å². The average molecular weight is 677 g/mol. The highest BCUT2D eigenvalue weighted by molar-refractivity contribution is 7.99. The summed E-state index contributed by atoms with van der Waals surface area (Å²) in [5.41, 5.74) is 3.84. The highest BCUT2D eigenvalue weighted by Gasteiger charge is 2.38. The lowest BCUT2D eigenvalue weighted by Gasteiger charge is -2.41. The van der Waals surface area contributed by atoms with E-state index in [1.807, 2.05) is 78.9 Å². The van der Waals surface area contributed by atoms with Crippen LogP contribution in [0.4, 0.5) is 16.2 Å². The average Bonchev–Trinajstić information content (AvgIpc) is 3.12. The first-order valence-electron chi connectivity index (χ1n) is 15.8. The zero-order valence-electron chi connectivity index (χ0n) is 26.7. The molecule has 0 aliphatic carbocycles. The number of urea groups is 1. The van der Waals surface area contributed by atoms with Gasteiger partial charge in [0.15, 0.2) is 6.29 Å². The largest absolute Gasteiger partial charge is 0.478 e. The molecule has 10 heteroatoms. The van der Waals surface area contributed by atoms with Gasteiger partial charge in [-0.15, -0.1) is 11.8 Å². The van der Waals surface area contributed by atoms with Gasteiger partial charge >= 0.3 is 12.0 Å². The van der Waals surface area contributed by atoms with Crippen LogP contribution >= 0.6 is 11.8 Å². The first-order chi connectivity index (χ1) is 23.9. The zero-order valence-corrected chi connectivity index (χ0v) is 27.5. The topological polar surface area (TPSA) is 126 Å². The van der Waals surface area contributed by atoms with Crippen LogP contribution in [0.15, 0.2) is 132 Å². The third-order valence-corrected chi connectivity index (χ3v) is 9.31. The minimum atomic E-state index is -0.980. The van der Waals surface area contributed by atoms with Gasteiger partial charge in [-0.2, -0.15) is 0 Å². The van der Waals surface area contributed by atoms with Crippen LogP contribution in [0.5, 0.6) is 11.5 Å². The van der Waals surface area contributed by atoms with Gasteiger partial charge in [-0.25, -0.2) is 9.59 Å². The second-order valence-electron chi connectivity index (χ2n) is 11.6. The van der Waals surface area contributed by atoms with Gasteiger partial charge in [0.2, 0.25) is 0 Å². The predicted molar refractivity (Wildman–Crippen MR) is 189 cm³/mol. The lowest BCUT2D eigenvalue weighted by atomic mass is 9.91. The Balaban J connectivity index is 1.16. The molecule has 9 nitrogen and oxygen atoms in total.